The largest absolute Gasteiger partial charge is 0.420 e. The summed E-state index contributed by atoms with van der Waals surface area (Å²) in [4.78, 5) is 41.9. The van der Waals surface area contributed by atoms with Crippen molar-refractivity contribution in [3.63, 3.8) is 0 Å². The monoisotopic (exact) mass is 487 g/mol. The van der Waals surface area contributed by atoms with E-state index in [4.69, 9.17) is 0 Å². The fourth-order valence-corrected chi connectivity index (χ4v) is 4.82. The predicted molar refractivity (Wildman–Crippen MR) is 140 cm³/mol. The van der Waals surface area contributed by atoms with Gasteiger partial charge in [-0.15, -0.1) is 4.58 Å². The molecule has 7 heteroatoms. The van der Waals surface area contributed by atoms with Crippen LogP contribution in [0.15, 0.2) is 66.2 Å². The Morgan fingerprint density at radius 2 is 1.50 bits per heavy atom. The van der Waals surface area contributed by atoms with Gasteiger partial charge in [0.25, 0.3) is 0 Å². The third-order valence-corrected chi connectivity index (χ3v) is 6.70. The number of carbonyl (C=O) groups is 3. The van der Waals surface area contributed by atoms with Crippen LogP contribution in [0.25, 0.3) is 5.70 Å². The smallest absolute Gasteiger partial charge is 0.324 e. The predicted octanol–water partition coefficient (Wildman–Crippen LogP) is 3.16. The first-order valence-corrected chi connectivity index (χ1v) is 12.9. The lowest BCUT2D eigenvalue weighted by Gasteiger charge is -2.20. The van der Waals surface area contributed by atoms with E-state index in [1.165, 1.54) is 0 Å². The molecule has 2 aliphatic heterocycles. The summed E-state index contributed by atoms with van der Waals surface area (Å²) in [5.41, 5.74) is 3.16. The van der Waals surface area contributed by atoms with Crippen LogP contribution in [-0.2, 0) is 14.4 Å². The molecule has 4 rings (SSSR count). The molecule has 0 spiro atoms. The standard InChI is InChI=1S/C29H34N4O3/c1-3-5-17-32(18-6-4-2)19-23(34)30-20-33-27(22-15-11-8-12-16-22)25-24(29(33)36)26(31-28(25)35)21-13-9-7-10-14-21/h7-16,25H,3-6,17-20H2,1-2H3,(H-,30,31,34,35,36)/p+1. The van der Waals surface area contributed by atoms with E-state index in [1.807, 2.05) is 60.7 Å². The van der Waals surface area contributed by atoms with Crippen LogP contribution < -0.4 is 10.6 Å². The van der Waals surface area contributed by atoms with Crippen molar-refractivity contribution in [2.45, 2.75) is 39.5 Å². The highest BCUT2D eigenvalue weighted by atomic mass is 16.2. The van der Waals surface area contributed by atoms with E-state index in [0.29, 0.717) is 23.5 Å². The van der Waals surface area contributed by atoms with Gasteiger partial charge in [0.1, 0.15) is 5.57 Å². The second-order valence-electron chi connectivity index (χ2n) is 9.30. The number of nitrogens with zero attached hydrogens (tertiary/aromatic N) is 2. The van der Waals surface area contributed by atoms with Crippen LogP contribution in [0, 0.1) is 5.92 Å². The van der Waals surface area contributed by atoms with Crippen LogP contribution in [0.4, 0.5) is 0 Å². The van der Waals surface area contributed by atoms with E-state index in [1.54, 1.807) is 4.58 Å². The first kappa shape index (κ1) is 25.5. The van der Waals surface area contributed by atoms with Crippen molar-refractivity contribution in [3.8, 4) is 0 Å². The summed E-state index contributed by atoms with van der Waals surface area (Å²) in [6.45, 7) is 6.36. The molecule has 2 heterocycles. The second kappa shape index (κ2) is 11.9. The van der Waals surface area contributed by atoms with E-state index in [9.17, 15) is 14.4 Å². The van der Waals surface area contributed by atoms with Crippen molar-refractivity contribution >= 4 is 29.1 Å². The van der Waals surface area contributed by atoms with Gasteiger partial charge in [0, 0.05) is 5.56 Å². The molecule has 0 saturated carbocycles. The Balaban J connectivity index is 1.61. The summed E-state index contributed by atoms with van der Waals surface area (Å²) in [6.07, 6.45) is 4.23. The number of unbranched alkanes of at least 4 members (excludes halogenated alkanes) is 2. The van der Waals surface area contributed by atoms with Crippen molar-refractivity contribution in [2.75, 3.05) is 26.3 Å². The van der Waals surface area contributed by atoms with E-state index in [0.717, 1.165) is 49.9 Å². The molecule has 2 aromatic carbocycles. The number of rotatable bonds is 12. The molecule has 2 aliphatic rings. The lowest BCUT2D eigenvalue weighted by Crippen LogP contribution is -2.42. The Morgan fingerprint density at radius 1 is 0.917 bits per heavy atom. The van der Waals surface area contributed by atoms with Gasteiger partial charge >= 0.3 is 5.91 Å². The fraction of sp³-hybridized carbons (Fsp3) is 0.379. The van der Waals surface area contributed by atoms with Gasteiger partial charge in [0.15, 0.2) is 5.92 Å². The molecular formula is C29H35N4O3+. The molecule has 1 atom stereocenters. The fourth-order valence-electron chi connectivity index (χ4n) is 4.82. The zero-order valence-electron chi connectivity index (χ0n) is 21.1. The van der Waals surface area contributed by atoms with Gasteiger partial charge in [-0.2, -0.15) is 0 Å². The molecule has 0 aliphatic carbocycles. The zero-order chi connectivity index (χ0) is 25.5. The van der Waals surface area contributed by atoms with Crippen LogP contribution in [0.5, 0.6) is 0 Å². The molecule has 0 radical (unpaired) electrons. The molecule has 7 nitrogen and oxygen atoms in total. The molecule has 0 saturated heterocycles. The highest BCUT2D eigenvalue weighted by Crippen LogP contribution is 2.36. The molecule has 0 bridgehead atoms. The Bertz CT molecular complexity index is 1160. The molecule has 2 N–H and O–H groups in total. The Morgan fingerprint density at radius 3 is 2.08 bits per heavy atom. The van der Waals surface area contributed by atoms with Crippen molar-refractivity contribution in [3.05, 3.63) is 77.4 Å². The maximum absolute atomic E-state index is 13.7. The summed E-state index contributed by atoms with van der Waals surface area (Å²) in [6, 6.07) is 18.9. The summed E-state index contributed by atoms with van der Waals surface area (Å²) in [7, 11) is 0. The highest BCUT2D eigenvalue weighted by molar-refractivity contribution is 6.28. The van der Waals surface area contributed by atoms with Crippen LogP contribution in [0.3, 0.4) is 0 Å². The van der Waals surface area contributed by atoms with Crippen LogP contribution in [0.1, 0.15) is 50.7 Å². The number of nitrogens with one attached hydrogen (secondary N) is 2. The van der Waals surface area contributed by atoms with E-state index < -0.39 is 5.92 Å². The maximum Gasteiger partial charge on any atom is 0.420 e. The highest BCUT2D eigenvalue weighted by Gasteiger charge is 2.55. The zero-order valence-corrected chi connectivity index (χ0v) is 21.1. The third kappa shape index (κ3) is 5.46. The molecule has 36 heavy (non-hydrogen) atoms. The lowest BCUT2D eigenvalue weighted by molar-refractivity contribution is -0.444. The summed E-state index contributed by atoms with van der Waals surface area (Å²) < 4.78 is 1.55. The average Bonchev–Trinajstić information content (AvgIpc) is 3.39. The number of amides is 3. The summed E-state index contributed by atoms with van der Waals surface area (Å²) >= 11 is 0. The number of carbonyl (C=O) groups excluding carboxylic acids is 3. The van der Waals surface area contributed by atoms with Gasteiger partial charge < -0.3 is 5.32 Å². The van der Waals surface area contributed by atoms with Crippen molar-refractivity contribution in [1.29, 1.82) is 0 Å². The van der Waals surface area contributed by atoms with E-state index in [2.05, 4.69) is 29.4 Å². The van der Waals surface area contributed by atoms with Gasteiger partial charge in [-0.05, 0) is 43.6 Å². The average molecular weight is 488 g/mol. The first-order chi connectivity index (χ1) is 17.5. The summed E-state index contributed by atoms with van der Waals surface area (Å²) in [5.74, 6) is -1.32. The Kier molecular flexibility index (Phi) is 8.44. The van der Waals surface area contributed by atoms with Crippen molar-refractivity contribution in [2.24, 2.45) is 5.92 Å². The maximum atomic E-state index is 13.7. The molecular weight excluding hydrogens is 452 g/mol. The quantitative estimate of drug-likeness (QED) is 0.451. The molecule has 1 unspecified atom stereocenters. The second-order valence-corrected chi connectivity index (χ2v) is 9.30. The van der Waals surface area contributed by atoms with Crippen molar-refractivity contribution < 1.29 is 19.0 Å². The number of benzene rings is 2. The minimum atomic E-state index is -0.711. The topological polar surface area (TPSA) is 81.5 Å². The molecule has 188 valence electrons. The van der Waals surface area contributed by atoms with E-state index >= 15 is 0 Å². The first-order valence-electron chi connectivity index (χ1n) is 12.9. The molecule has 0 aromatic heterocycles. The van der Waals surface area contributed by atoms with Crippen molar-refractivity contribution in [1.82, 2.24) is 15.5 Å². The summed E-state index contributed by atoms with van der Waals surface area (Å²) in [5, 5.41) is 5.88. The van der Waals surface area contributed by atoms with Gasteiger partial charge in [-0.1, -0.05) is 75.2 Å². The minimum Gasteiger partial charge on any atom is -0.324 e. The van der Waals surface area contributed by atoms with Crippen LogP contribution in [0.2, 0.25) is 0 Å². The minimum absolute atomic E-state index is 0.0205. The van der Waals surface area contributed by atoms with Gasteiger partial charge in [0.05, 0.1) is 12.2 Å². The number of hydrogen-bond donors (Lipinski definition) is 2. The number of fused-ring (bicyclic) bond motifs is 1. The van der Waals surface area contributed by atoms with Crippen LogP contribution in [-0.4, -0.2) is 59.2 Å². The van der Waals surface area contributed by atoms with E-state index in [-0.39, 0.29) is 24.4 Å². The van der Waals surface area contributed by atoms with Crippen LogP contribution >= 0.6 is 0 Å². The van der Waals surface area contributed by atoms with Gasteiger partial charge in [0.2, 0.25) is 24.2 Å². The Labute approximate surface area is 212 Å². The Hall–Kier alpha value is -3.58. The lowest BCUT2D eigenvalue weighted by atomic mass is 9.92. The third-order valence-electron chi connectivity index (χ3n) is 6.70. The molecule has 0 fully saturated rings. The molecule has 2 aromatic rings. The molecule has 3 amide bonds. The van der Waals surface area contributed by atoms with Gasteiger partial charge in [-0.25, -0.2) is 4.79 Å². The van der Waals surface area contributed by atoms with Gasteiger partial charge in [-0.3, -0.25) is 19.8 Å². The normalized spacial score (nSPS) is 17.1. The number of hydrogen-bond acceptors (Lipinski definition) is 4. The SMILES string of the molecule is CCCCN(CCCC)CC(=O)NC[N+]1=C(c2ccccc2)C2C(=O)NC(c3ccccc3)=C2C1=O.